The van der Waals surface area contributed by atoms with Crippen molar-refractivity contribution in [1.82, 2.24) is 15.1 Å². The van der Waals surface area contributed by atoms with E-state index in [-0.39, 0.29) is 50.8 Å². The van der Waals surface area contributed by atoms with Crippen LogP contribution in [-0.4, -0.2) is 108 Å². The van der Waals surface area contributed by atoms with Crippen molar-refractivity contribution in [3.63, 3.8) is 0 Å². The van der Waals surface area contributed by atoms with Crippen LogP contribution in [0.15, 0.2) is 109 Å². The second kappa shape index (κ2) is 21.8. The molecule has 5 aromatic carbocycles. The molecule has 0 saturated carbocycles. The van der Waals surface area contributed by atoms with Gasteiger partial charge in [0.1, 0.15) is 48.4 Å². The van der Waals surface area contributed by atoms with Crippen LogP contribution in [-0.2, 0) is 19.6 Å². The summed E-state index contributed by atoms with van der Waals surface area (Å²) in [5.41, 5.74) is 1.11. The second-order valence-electron chi connectivity index (χ2n) is 15.4. The van der Waals surface area contributed by atoms with Gasteiger partial charge >= 0.3 is 0 Å². The number of nitro groups is 4. The van der Waals surface area contributed by atoms with Crippen molar-refractivity contribution in [3.8, 4) is 17.2 Å². The third-order valence-electron chi connectivity index (χ3n) is 11.3. The maximum absolute atomic E-state index is 12.6. The van der Waals surface area contributed by atoms with Crippen molar-refractivity contribution >= 4 is 34.1 Å². The summed E-state index contributed by atoms with van der Waals surface area (Å²) in [6.45, 7) is 5.26. The van der Waals surface area contributed by atoms with E-state index in [2.05, 4.69) is 15.1 Å². The maximum Gasteiger partial charge on any atom is 0.299 e. The minimum Gasteiger partial charge on any atom is -0.492 e. The molecule has 3 aliphatic rings. The molecule has 2 bridgehead atoms. The van der Waals surface area contributed by atoms with Crippen molar-refractivity contribution < 1.29 is 33.9 Å². The summed E-state index contributed by atoms with van der Waals surface area (Å²) in [6.07, 6.45) is 0. The second-order valence-corrected chi connectivity index (χ2v) is 15.4. The SMILES string of the molecule is O=[N+]([O-])c1ccc(N2CCN3CCNCc4ccccc4OCCN(CCOc4ccccc4C2)CCOc2ccccc2CN(c2ccc([N+](=O)[O-])cc2[N+](=O)[O-])CC3)c([N+](=O)[O-])c1. The van der Waals surface area contributed by atoms with Crippen molar-refractivity contribution in [2.24, 2.45) is 0 Å². The van der Waals surface area contributed by atoms with E-state index < -0.39 is 42.4 Å². The fraction of sp³-hybridized carbons (Fsp3) is 0.333. The first kappa shape index (κ1) is 45.6. The molecule has 0 aromatic heterocycles. The lowest BCUT2D eigenvalue weighted by atomic mass is 10.1. The van der Waals surface area contributed by atoms with E-state index in [1.54, 1.807) is 0 Å². The van der Waals surface area contributed by atoms with E-state index >= 15 is 0 Å². The van der Waals surface area contributed by atoms with Crippen molar-refractivity contribution in [3.05, 3.63) is 166 Å². The lowest BCUT2D eigenvalue weighted by Gasteiger charge is -2.32. The van der Waals surface area contributed by atoms with Crippen LogP contribution < -0.4 is 29.3 Å². The van der Waals surface area contributed by atoms with Crippen LogP contribution in [0, 0.1) is 40.5 Å². The molecule has 20 heteroatoms. The number of non-ortho nitro benzene ring substituents is 2. The highest BCUT2D eigenvalue weighted by Gasteiger charge is 2.28. The Morgan fingerprint density at radius 3 is 1.28 bits per heavy atom. The zero-order valence-corrected chi connectivity index (χ0v) is 35.6. The van der Waals surface area contributed by atoms with Crippen LogP contribution in [0.3, 0.4) is 0 Å². The standard InChI is InChI=1S/C45H49N9O11/c55-51(56)37-13-15-39(41(29-37)53(59)60)49-21-19-47-18-17-46-31-34-7-1-4-10-43(34)63-26-23-48(24-27-64-44-11-5-2-8-35(44)32-49)25-28-65-45-12-6-3-9-36(45)33-50(22-20-47)40-16-14-38(52(57)58)30-42(40)54(61)62/h1-16,29-30,46H,17-28,31-33H2. The van der Waals surface area contributed by atoms with Crippen LogP contribution in [0.25, 0.3) is 0 Å². The number of hydrogen-bond acceptors (Lipinski definition) is 16. The molecule has 8 rings (SSSR count). The zero-order valence-electron chi connectivity index (χ0n) is 35.6. The van der Waals surface area contributed by atoms with Gasteiger partial charge < -0.3 is 29.3 Å². The first-order valence-electron chi connectivity index (χ1n) is 21.2. The molecule has 3 aliphatic heterocycles. The van der Waals surface area contributed by atoms with Gasteiger partial charge in [-0.3, -0.25) is 50.3 Å². The van der Waals surface area contributed by atoms with Gasteiger partial charge in [-0.15, -0.1) is 0 Å². The Kier molecular flexibility index (Phi) is 15.3. The molecule has 0 amide bonds. The van der Waals surface area contributed by atoms with E-state index in [4.69, 9.17) is 14.2 Å². The number of fused-ring (bicyclic) bond motifs is 15. The number of ether oxygens (including phenoxy) is 3. The third-order valence-corrected chi connectivity index (χ3v) is 11.3. The summed E-state index contributed by atoms with van der Waals surface area (Å²) in [6, 6.07) is 29.8. The Balaban J connectivity index is 1.33. The average molecular weight is 892 g/mol. The lowest BCUT2D eigenvalue weighted by Crippen LogP contribution is -2.42. The van der Waals surface area contributed by atoms with Gasteiger partial charge in [0.15, 0.2) is 0 Å². The smallest absolute Gasteiger partial charge is 0.299 e. The van der Waals surface area contributed by atoms with Crippen molar-refractivity contribution in [2.75, 3.05) is 88.5 Å². The van der Waals surface area contributed by atoms with E-state index in [0.29, 0.717) is 70.5 Å². The minimum atomic E-state index is -0.670. The average Bonchev–Trinajstić information content (AvgIpc) is 3.30. The Morgan fingerprint density at radius 2 is 0.846 bits per heavy atom. The fourth-order valence-electron chi connectivity index (χ4n) is 7.91. The molecule has 0 saturated heterocycles. The number of benzene rings is 5. The number of para-hydroxylation sites is 3. The van der Waals surface area contributed by atoms with Crippen molar-refractivity contribution in [2.45, 2.75) is 19.6 Å². The molecule has 0 unspecified atom stereocenters. The molecule has 0 fully saturated rings. The quantitative estimate of drug-likeness (QED) is 0.140. The normalized spacial score (nSPS) is 18.0. The summed E-state index contributed by atoms with van der Waals surface area (Å²) in [5.74, 6) is 1.89. The van der Waals surface area contributed by atoms with Crippen LogP contribution in [0.2, 0.25) is 0 Å². The molecule has 0 aliphatic carbocycles. The predicted molar refractivity (Wildman–Crippen MR) is 242 cm³/mol. The molecule has 340 valence electrons. The number of hydrogen-bond donors (Lipinski definition) is 1. The van der Waals surface area contributed by atoms with E-state index in [1.807, 2.05) is 82.6 Å². The van der Waals surface area contributed by atoms with Gasteiger partial charge in [0.25, 0.3) is 22.7 Å². The predicted octanol–water partition coefficient (Wildman–Crippen LogP) is 6.59. The molecular formula is C45H49N9O11. The van der Waals surface area contributed by atoms with Gasteiger partial charge in [0, 0.05) is 107 Å². The van der Waals surface area contributed by atoms with Gasteiger partial charge in [0.2, 0.25) is 0 Å². The molecule has 1 N–H and O–H groups in total. The van der Waals surface area contributed by atoms with Crippen molar-refractivity contribution in [1.29, 1.82) is 0 Å². The molecule has 3 heterocycles. The molecular weight excluding hydrogens is 843 g/mol. The molecule has 0 spiro atoms. The van der Waals surface area contributed by atoms with Gasteiger partial charge in [0.05, 0.1) is 31.8 Å². The fourth-order valence-corrected chi connectivity index (χ4v) is 7.91. The first-order chi connectivity index (χ1) is 31.5. The molecule has 0 radical (unpaired) electrons. The Hall–Kier alpha value is -7.42. The summed E-state index contributed by atoms with van der Waals surface area (Å²) >= 11 is 0. The van der Waals surface area contributed by atoms with Gasteiger partial charge in [-0.1, -0.05) is 54.6 Å². The van der Waals surface area contributed by atoms with Gasteiger partial charge in [-0.2, -0.15) is 0 Å². The largest absolute Gasteiger partial charge is 0.492 e. The maximum atomic E-state index is 12.6. The molecule has 0 atom stereocenters. The number of nitrogens with zero attached hydrogens (tertiary/aromatic N) is 8. The topological polar surface area (TPSA) is 225 Å². The summed E-state index contributed by atoms with van der Waals surface area (Å²) in [4.78, 5) is 54.0. The third kappa shape index (κ3) is 12.0. The number of rotatable bonds is 6. The summed E-state index contributed by atoms with van der Waals surface area (Å²) < 4.78 is 19.2. The van der Waals surface area contributed by atoms with Gasteiger partial charge in [-0.25, -0.2) is 0 Å². The van der Waals surface area contributed by atoms with E-state index in [0.717, 1.165) is 34.6 Å². The highest BCUT2D eigenvalue weighted by Crippen LogP contribution is 2.36. The first-order valence-corrected chi connectivity index (χ1v) is 21.2. The monoisotopic (exact) mass is 891 g/mol. The summed E-state index contributed by atoms with van der Waals surface area (Å²) in [5, 5.41) is 52.2. The number of nitrogens with one attached hydrogen (secondary N) is 1. The lowest BCUT2D eigenvalue weighted by molar-refractivity contribution is -0.394. The number of nitro benzene ring substituents is 4. The van der Waals surface area contributed by atoms with E-state index in [9.17, 15) is 40.5 Å². The Bertz CT molecular complexity index is 2350. The van der Waals surface area contributed by atoms with Crippen LogP contribution in [0.5, 0.6) is 17.2 Å². The van der Waals surface area contributed by atoms with E-state index in [1.165, 1.54) is 24.3 Å². The van der Waals surface area contributed by atoms with Gasteiger partial charge in [-0.05, 0) is 30.3 Å². The minimum absolute atomic E-state index is 0.154. The Labute approximate surface area is 374 Å². The highest BCUT2D eigenvalue weighted by molar-refractivity contribution is 5.68. The number of anilines is 2. The van der Waals surface area contributed by atoms with Crippen LogP contribution in [0.4, 0.5) is 34.1 Å². The highest BCUT2D eigenvalue weighted by atomic mass is 16.6. The summed E-state index contributed by atoms with van der Waals surface area (Å²) in [7, 11) is 0. The van der Waals surface area contributed by atoms with Crippen LogP contribution in [0.1, 0.15) is 16.7 Å². The zero-order chi connectivity index (χ0) is 45.7. The Morgan fingerprint density at radius 1 is 0.446 bits per heavy atom. The molecule has 5 aromatic rings. The molecule has 65 heavy (non-hydrogen) atoms. The van der Waals surface area contributed by atoms with Crippen LogP contribution >= 0.6 is 0 Å². The molecule has 20 nitrogen and oxygen atoms in total.